The van der Waals surface area contributed by atoms with E-state index in [0.717, 1.165) is 6.42 Å². The number of fused-ring (bicyclic) bond motifs is 1. The van der Waals surface area contributed by atoms with E-state index in [2.05, 4.69) is 22.2 Å². The van der Waals surface area contributed by atoms with E-state index in [1.807, 2.05) is 11.0 Å². The monoisotopic (exact) mass is 385 g/mol. The molecule has 0 unspecified atom stereocenters. The van der Waals surface area contributed by atoms with Gasteiger partial charge in [0.05, 0.1) is 5.56 Å². The molecule has 7 nitrogen and oxygen atoms in total. The molecule has 28 heavy (non-hydrogen) atoms. The topological polar surface area (TPSA) is 91.1 Å². The smallest absolute Gasteiger partial charge is 0.220 e. The van der Waals surface area contributed by atoms with Gasteiger partial charge in [0, 0.05) is 51.7 Å². The molecule has 0 radical (unpaired) electrons. The Bertz CT molecular complexity index is 898. The van der Waals surface area contributed by atoms with Crippen molar-refractivity contribution in [2.24, 2.45) is 5.92 Å². The number of ether oxygens (including phenoxy) is 1. The van der Waals surface area contributed by atoms with Crippen molar-refractivity contribution in [3.8, 4) is 6.07 Å². The number of carbonyl (C=O) groups excluding carboxylic acids is 1. The van der Waals surface area contributed by atoms with Crippen LogP contribution in [0.2, 0.25) is 0 Å². The van der Waals surface area contributed by atoms with E-state index in [1.165, 1.54) is 18.5 Å². The van der Waals surface area contributed by atoms with Gasteiger partial charge < -0.3 is 15.0 Å². The number of hydrogen-bond acceptors (Lipinski definition) is 6. The highest BCUT2D eigenvalue weighted by atomic mass is 19.1. The fourth-order valence-electron chi connectivity index (χ4n) is 3.79. The highest BCUT2D eigenvalue weighted by molar-refractivity contribution is 5.92. The van der Waals surface area contributed by atoms with Gasteiger partial charge in [-0.15, -0.1) is 0 Å². The van der Waals surface area contributed by atoms with Crippen molar-refractivity contribution < 1.29 is 13.9 Å². The molecule has 1 amide bonds. The number of nitriles is 1. The Morgan fingerprint density at radius 3 is 2.86 bits per heavy atom. The van der Waals surface area contributed by atoms with Crippen LogP contribution in [0, 0.1) is 23.1 Å². The van der Waals surface area contributed by atoms with Crippen LogP contribution < -0.4 is 10.2 Å². The summed E-state index contributed by atoms with van der Waals surface area (Å²) in [5.74, 6) is -0.260. The second-order valence-corrected chi connectivity index (χ2v) is 7.23. The zero-order valence-electron chi connectivity index (χ0n) is 16.1. The molecule has 1 N–H and O–H groups in total. The Balaban J connectivity index is 1.84. The standard InChI is InChI=1S/C20H24FN5O2/c1-13-8-15(25-17(27)4-3-7-28-2)12-26(11-13)20-16(21)9-14(10-22)18-19(20)24-6-5-23-18/h5-6,9,13,15H,3-4,7-8,11-12H2,1-2H3,(H,25,27)/t13-,15+/m0/s1. The number of aromatic nitrogens is 2. The molecule has 2 aromatic rings. The van der Waals surface area contributed by atoms with Crippen molar-refractivity contribution in [1.29, 1.82) is 5.26 Å². The molecule has 2 heterocycles. The molecule has 1 aromatic carbocycles. The van der Waals surface area contributed by atoms with Crippen LogP contribution in [0.1, 0.15) is 31.7 Å². The summed E-state index contributed by atoms with van der Waals surface area (Å²) in [5, 5.41) is 12.3. The van der Waals surface area contributed by atoms with Crippen LogP contribution in [-0.2, 0) is 9.53 Å². The van der Waals surface area contributed by atoms with Crippen LogP contribution in [0.3, 0.4) is 0 Å². The molecule has 1 aliphatic rings. The van der Waals surface area contributed by atoms with E-state index in [-0.39, 0.29) is 23.4 Å². The van der Waals surface area contributed by atoms with Gasteiger partial charge in [-0.1, -0.05) is 6.92 Å². The fourth-order valence-corrected chi connectivity index (χ4v) is 3.79. The number of anilines is 1. The number of methoxy groups -OCH3 is 1. The van der Waals surface area contributed by atoms with Gasteiger partial charge in [-0.3, -0.25) is 14.8 Å². The van der Waals surface area contributed by atoms with Crippen LogP contribution in [0.4, 0.5) is 10.1 Å². The Morgan fingerprint density at radius 1 is 1.39 bits per heavy atom. The second kappa shape index (κ2) is 8.93. The number of amides is 1. The van der Waals surface area contributed by atoms with Crippen molar-refractivity contribution in [3.05, 3.63) is 29.8 Å². The van der Waals surface area contributed by atoms with Crippen LogP contribution in [0.15, 0.2) is 18.5 Å². The van der Waals surface area contributed by atoms with Crippen LogP contribution in [0.5, 0.6) is 0 Å². The van der Waals surface area contributed by atoms with E-state index >= 15 is 0 Å². The largest absolute Gasteiger partial charge is 0.385 e. The first-order chi connectivity index (χ1) is 13.5. The van der Waals surface area contributed by atoms with Crippen LogP contribution in [0.25, 0.3) is 11.0 Å². The van der Waals surface area contributed by atoms with Crippen molar-refractivity contribution in [1.82, 2.24) is 15.3 Å². The minimum Gasteiger partial charge on any atom is -0.385 e. The molecule has 1 saturated heterocycles. The maximum Gasteiger partial charge on any atom is 0.220 e. The summed E-state index contributed by atoms with van der Waals surface area (Å²) in [4.78, 5) is 22.6. The highest BCUT2D eigenvalue weighted by Gasteiger charge is 2.29. The van der Waals surface area contributed by atoms with Gasteiger partial charge in [-0.25, -0.2) is 4.39 Å². The summed E-state index contributed by atoms with van der Waals surface area (Å²) >= 11 is 0. The number of benzene rings is 1. The summed E-state index contributed by atoms with van der Waals surface area (Å²) < 4.78 is 19.9. The van der Waals surface area contributed by atoms with Crippen LogP contribution >= 0.6 is 0 Å². The number of piperidine rings is 1. The summed E-state index contributed by atoms with van der Waals surface area (Å²) in [6.45, 7) is 3.74. The SMILES string of the molecule is COCCCC(=O)N[C@@H]1C[C@H](C)CN(c2c(F)cc(C#N)c3nccnc23)C1. The van der Waals surface area contributed by atoms with Gasteiger partial charge in [-0.05, 0) is 24.8 Å². The van der Waals surface area contributed by atoms with Crippen molar-refractivity contribution in [2.45, 2.75) is 32.2 Å². The predicted molar refractivity (Wildman–Crippen MR) is 103 cm³/mol. The highest BCUT2D eigenvalue weighted by Crippen LogP contribution is 2.32. The van der Waals surface area contributed by atoms with E-state index in [0.29, 0.717) is 49.3 Å². The Hall–Kier alpha value is -2.79. The molecular formula is C20H24FN5O2. The number of carbonyl (C=O) groups is 1. The summed E-state index contributed by atoms with van der Waals surface area (Å²) in [6.07, 6.45) is 4.88. The normalized spacial score (nSPS) is 19.4. The minimum absolute atomic E-state index is 0.0268. The average Bonchev–Trinajstić information content (AvgIpc) is 2.67. The molecule has 2 atom stereocenters. The lowest BCUT2D eigenvalue weighted by atomic mass is 9.94. The second-order valence-electron chi connectivity index (χ2n) is 7.23. The Morgan fingerprint density at radius 2 is 2.14 bits per heavy atom. The van der Waals surface area contributed by atoms with Gasteiger partial charge in [0.25, 0.3) is 0 Å². The molecule has 0 aliphatic carbocycles. The van der Waals surface area contributed by atoms with Crippen molar-refractivity contribution >= 4 is 22.6 Å². The van der Waals surface area contributed by atoms with E-state index in [4.69, 9.17) is 4.74 Å². The lowest BCUT2D eigenvalue weighted by molar-refractivity contribution is -0.122. The first kappa shape index (κ1) is 20.0. The number of nitrogens with zero attached hydrogens (tertiary/aromatic N) is 4. The quantitative estimate of drug-likeness (QED) is 0.768. The summed E-state index contributed by atoms with van der Waals surface area (Å²) in [5.41, 5.74) is 1.27. The average molecular weight is 385 g/mol. The number of nitrogens with one attached hydrogen (secondary N) is 1. The molecule has 0 spiro atoms. The summed E-state index contributed by atoms with van der Waals surface area (Å²) in [7, 11) is 1.61. The maximum atomic E-state index is 14.9. The van der Waals surface area contributed by atoms with E-state index in [1.54, 1.807) is 7.11 Å². The van der Waals surface area contributed by atoms with Gasteiger partial charge in [-0.2, -0.15) is 5.26 Å². The molecule has 0 saturated carbocycles. The van der Waals surface area contributed by atoms with Crippen molar-refractivity contribution in [3.63, 3.8) is 0 Å². The number of halogens is 1. The molecule has 1 fully saturated rings. The third kappa shape index (κ3) is 4.37. The van der Waals surface area contributed by atoms with E-state index in [9.17, 15) is 14.4 Å². The number of rotatable bonds is 6. The van der Waals surface area contributed by atoms with Crippen molar-refractivity contribution in [2.75, 3.05) is 31.7 Å². The number of hydrogen-bond donors (Lipinski definition) is 1. The fraction of sp³-hybridized carbons (Fsp3) is 0.500. The minimum atomic E-state index is -0.496. The lowest BCUT2D eigenvalue weighted by Crippen LogP contribution is -2.50. The molecule has 148 valence electrons. The molecule has 8 heteroatoms. The Kier molecular flexibility index (Phi) is 6.37. The molecule has 1 aromatic heterocycles. The zero-order chi connectivity index (χ0) is 20.1. The first-order valence-corrected chi connectivity index (χ1v) is 9.40. The van der Waals surface area contributed by atoms with Crippen LogP contribution in [-0.4, -0.2) is 48.7 Å². The third-order valence-corrected chi connectivity index (χ3v) is 4.89. The summed E-state index contributed by atoms with van der Waals surface area (Å²) in [6, 6.07) is 3.11. The molecule has 3 rings (SSSR count). The van der Waals surface area contributed by atoms with Gasteiger partial charge in [0.15, 0.2) is 0 Å². The molecule has 0 bridgehead atoms. The Labute approximate surface area is 163 Å². The molecule has 1 aliphatic heterocycles. The predicted octanol–water partition coefficient (Wildman–Crippen LogP) is 2.40. The maximum absolute atomic E-state index is 14.9. The van der Waals surface area contributed by atoms with Gasteiger partial charge >= 0.3 is 0 Å². The first-order valence-electron chi connectivity index (χ1n) is 9.40. The zero-order valence-corrected chi connectivity index (χ0v) is 16.1. The molecular weight excluding hydrogens is 361 g/mol. The van der Waals surface area contributed by atoms with Gasteiger partial charge in [0.2, 0.25) is 5.91 Å². The van der Waals surface area contributed by atoms with Gasteiger partial charge in [0.1, 0.15) is 28.6 Å². The van der Waals surface area contributed by atoms with E-state index < -0.39 is 5.82 Å². The third-order valence-electron chi connectivity index (χ3n) is 4.89. The lowest BCUT2D eigenvalue weighted by Gasteiger charge is -2.38.